The molecule has 2 aromatic heterocycles. The minimum atomic E-state index is -0.0150. The molecule has 0 spiro atoms. The van der Waals surface area contributed by atoms with Gasteiger partial charge in [-0.05, 0) is 17.2 Å². The molecule has 0 N–H and O–H groups in total. The fourth-order valence-corrected chi connectivity index (χ4v) is 2.98. The fourth-order valence-electron chi connectivity index (χ4n) is 2.84. The van der Waals surface area contributed by atoms with Crippen molar-refractivity contribution in [2.45, 2.75) is 6.54 Å². The van der Waals surface area contributed by atoms with E-state index in [1.165, 1.54) is 6.20 Å². The summed E-state index contributed by atoms with van der Waals surface area (Å²) in [4.78, 5) is 22.8. The summed E-state index contributed by atoms with van der Waals surface area (Å²) in [6, 6.07) is 13.5. The molecule has 1 aromatic carbocycles. The Morgan fingerprint density at radius 1 is 1.00 bits per heavy atom. The summed E-state index contributed by atoms with van der Waals surface area (Å²) in [5, 5.41) is 0.336. The van der Waals surface area contributed by atoms with Gasteiger partial charge in [0.25, 0.3) is 5.56 Å². The molecule has 0 unspecified atom stereocenters. The topological polar surface area (TPSA) is 51.0 Å². The SMILES string of the molecule is O=c1cc(-c2ccccc2)cc2n1CCN2c1cncc(Cl)n1. The molecule has 0 fully saturated rings. The van der Waals surface area contributed by atoms with Gasteiger partial charge in [-0.15, -0.1) is 0 Å². The third-order valence-corrected chi connectivity index (χ3v) is 4.09. The number of aromatic nitrogens is 3. The smallest absolute Gasteiger partial charge is 0.252 e. The first kappa shape index (κ1) is 14.0. The van der Waals surface area contributed by atoms with Crippen molar-refractivity contribution >= 4 is 23.2 Å². The van der Waals surface area contributed by atoms with Crippen molar-refractivity contribution in [3.63, 3.8) is 0 Å². The normalized spacial score (nSPS) is 13.2. The van der Waals surface area contributed by atoms with Crippen LogP contribution in [0.4, 0.5) is 11.6 Å². The number of hydrogen-bond donors (Lipinski definition) is 0. The third-order valence-electron chi connectivity index (χ3n) is 3.91. The van der Waals surface area contributed by atoms with Crippen molar-refractivity contribution < 1.29 is 0 Å². The Bertz CT molecular complexity index is 923. The zero-order valence-corrected chi connectivity index (χ0v) is 12.9. The summed E-state index contributed by atoms with van der Waals surface area (Å²) in [5.74, 6) is 1.46. The number of hydrogen-bond acceptors (Lipinski definition) is 4. The first-order valence-electron chi connectivity index (χ1n) is 7.28. The van der Waals surface area contributed by atoms with E-state index in [1.807, 2.05) is 41.3 Å². The highest BCUT2D eigenvalue weighted by molar-refractivity contribution is 6.29. The van der Waals surface area contributed by atoms with E-state index in [-0.39, 0.29) is 5.56 Å². The van der Waals surface area contributed by atoms with Crippen molar-refractivity contribution in [2.24, 2.45) is 0 Å². The van der Waals surface area contributed by atoms with Gasteiger partial charge in [0.05, 0.1) is 12.4 Å². The second kappa shape index (κ2) is 5.52. The van der Waals surface area contributed by atoms with Crippen LogP contribution in [0.5, 0.6) is 0 Å². The predicted molar refractivity (Wildman–Crippen MR) is 90.2 cm³/mol. The average Bonchev–Trinajstić information content (AvgIpc) is 3.00. The standard InChI is InChI=1S/C17H13ClN4O/c18-14-10-19-11-15(20-14)21-6-7-22-16(21)8-13(9-17(22)23)12-4-2-1-3-5-12/h1-5,8-11H,6-7H2. The van der Waals surface area contributed by atoms with Gasteiger partial charge in [0.2, 0.25) is 0 Å². The zero-order chi connectivity index (χ0) is 15.8. The van der Waals surface area contributed by atoms with Crippen LogP contribution in [0, 0.1) is 0 Å². The lowest BCUT2D eigenvalue weighted by Crippen LogP contribution is -2.18. The Kier molecular flexibility index (Phi) is 3.35. The van der Waals surface area contributed by atoms with Gasteiger partial charge in [0.1, 0.15) is 11.0 Å². The molecule has 114 valence electrons. The highest BCUT2D eigenvalue weighted by atomic mass is 35.5. The minimum Gasteiger partial charge on any atom is -0.309 e. The third kappa shape index (κ3) is 2.49. The summed E-state index contributed by atoms with van der Waals surface area (Å²) in [5.41, 5.74) is 1.89. The summed E-state index contributed by atoms with van der Waals surface area (Å²) in [6.45, 7) is 1.29. The van der Waals surface area contributed by atoms with Crippen molar-refractivity contribution in [3.8, 4) is 11.1 Å². The lowest BCUT2D eigenvalue weighted by atomic mass is 10.1. The molecule has 0 atom stereocenters. The van der Waals surface area contributed by atoms with E-state index in [2.05, 4.69) is 9.97 Å². The number of halogens is 1. The molecule has 4 rings (SSSR count). The second-order valence-electron chi connectivity index (χ2n) is 5.31. The van der Waals surface area contributed by atoms with Crippen LogP contribution in [-0.2, 0) is 6.54 Å². The van der Waals surface area contributed by atoms with E-state index in [4.69, 9.17) is 11.6 Å². The van der Waals surface area contributed by atoms with Crippen LogP contribution < -0.4 is 10.5 Å². The summed E-state index contributed by atoms with van der Waals surface area (Å²) in [6.07, 6.45) is 3.15. The van der Waals surface area contributed by atoms with Crippen LogP contribution in [0.3, 0.4) is 0 Å². The van der Waals surface area contributed by atoms with E-state index < -0.39 is 0 Å². The van der Waals surface area contributed by atoms with Gasteiger partial charge >= 0.3 is 0 Å². The van der Waals surface area contributed by atoms with E-state index in [0.717, 1.165) is 16.9 Å². The number of pyridine rings is 1. The summed E-state index contributed by atoms with van der Waals surface area (Å²) >= 11 is 5.94. The molecule has 0 bridgehead atoms. The van der Waals surface area contributed by atoms with E-state index >= 15 is 0 Å². The van der Waals surface area contributed by atoms with Gasteiger partial charge in [-0.1, -0.05) is 41.9 Å². The number of fused-ring (bicyclic) bond motifs is 1. The van der Waals surface area contributed by atoms with E-state index in [9.17, 15) is 4.79 Å². The lowest BCUT2D eigenvalue weighted by molar-refractivity contribution is 0.766. The molecule has 1 aliphatic rings. The maximum atomic E-state index is 12.4. The second-order valence-corrected chi connectivity index (χ2v) is 5.70. The van der Waals surface area contributed by atoms with Gasteiger partial charge in [-0.2, -0.15) is 0 Å². The Labute approximate surface area is 137 Å². The molecule has 0 amide bonds. The van der Waals surface area contributed by atoms with Crippen molar-refractivity contribution in [2.75, 3.05) is 11.4 Å². The van der Waals surface area contributed by atoms with Crippen LogP contribution in [-0.4, -0.2) is 21.1 Å². The van der Waals surface area contributed by atoms with Gasteiger partial charge in [-0.3, -0.25) is 14.3 Å². The monoisotopic (exact) mass is 324 g/mol. The van der Waals surface area contributed by atoms with Crippen molar-refractivity contribution in [3.05, 3.63) is 70.4 Å². The molecule has 0 saturated heterocycles. The maximum absolute atomic E-state index is 12.4. The Balaban J connectivity index is 1.85. The largest absolute Gasteiger partial charge is 0.309 e. The number of anilines is 2. The van der Waals surface area contributed by atoms with Gasteiger partial charge in [-0.25, -0.2) is 4.98 Å². The van der Waals surface area contributed by atoms with E-state index in [0.29, 0.717) is 24.1 Å². The molecule has 0 saturated carbocycles. The lowest BCUT2D eigenvalue weighted by Gasteiger charge is -2.17. The van der Waals surface area contributed by atoms with E-state index in [1.54, 1.807) is 16.8 Å². The molecule has 3 aromatic rings. The van der Waals surface area contributed by atoms with Crippen LogP contribution in [0.25, 0.3) is 11.1 Å². The minimum absolute atomic E-state index is 0.0150. The molecule has 3 heterocycles. The molecule has 0 aliphatic carbocycles. The molecule has 1 aliphatic heterocycles. The maximum Gasteiger partial charge on any atom is 0.252 e. The van der Waals surface area contributed by atoms with Crippen LogP contribution in [0.1, 0.15) is 0 Å². The van der Waals surface area contributed by atoms with Gasteiger partial charge in [0, 0.05) is 19.2 Å². The quantitative estimate of drug-likeness (QED) is 0.727. The first-order chi connectivity index (χ1) is 11.2. The molecule has 23 heavy (non-hydrogen) atoms. The summed E-state index contributed by atoms with van der Waals surface area (Å²) < 4.78 is 1.75. The molecular weight excluding hydrogens is 312 g/mol. The molecule has 0 radical (unpaired) electrons. The first-order valence-corrected chi connectivity index (χ1v) is 7.65. The highest BCUT2D eigenvalue weighted by Gasteiger charge is 2.23. The highest BCUT2D eigenvalue weighted by Crippen LogP contribution is 2.30. The Hall–Kier alpha value is -2.66. The van der Waals surface area contributed by atoms with Crippen LogP contribution in [0.2, 0.25) is 5.15 Å². The molecule has 6 heteroatoms. The average molecular weight is 325 g/mol. The number of nitrogens with zero attached hydrogens (tertiary/aromatic N) is 4. The molecular formula is C17H13ClN4O. The summed E-state index contributed by atoms with van der Waals surface area (Å²) in [7, 11) is 0. The predicted octanol–water partition coefficient (Wildman–Crippen LogP) is 3.11. The Morgan fingerprint density at radius 2 is 1.83 bits per heavy atom. The Morgan fingerprint density at radius 3 is 2.61 bits per heavy atom. The van der Waals surface area contributed by atoms with Gasteiger partial charge in [0.15, 0.2) is 5.82 Å². The molecule has 5 nitrogen and oxygen atoms in total. The zero-order valence-electron chi connectivity index (χ0n) is 12.2. The van der Waals surface area contributed by atoms with Crippen molar-refractivity contribution in [1.29, 1.82) is 0 Å². The van der Waals surface area contributed by atoms with Crippen molar-refractivity contribution in [1.82, 2.24) is 14.5 Å². The van der Waals surface area contributed by atoms with Gasteiger partial charge < -0.3 is 4.90 Å². The number of benzene rings is 1. The fraction of sp³-hybridized carbons (Fsp3) is 0.118. The number of rotatable bonds is 2. The van der Waals surface area contributed by atoms with Crippen LogP contribution in [0.15, 0.2) is 59.7 Å². The van der Waals surface area contributed by atoms with Crippen LogP contribution >= 0.6 is 11.6 Å².